The van der Waals surface area contributed by atoms with E-state index in [1.807, 2.05) is 42.5 Å². The smallest absolute Gasteiger partial charge is 0.307 e. The van der Waals surface area contributed by atoms with Crippen LogP contribution in [0.15, 0.2) is 89.8 Å². The van der Waals surface area contributed by atoms with Crippen LogP contribution in [-0.2, 0) is 14.4 Å². The second-order valence-electron chi connectivity index (χ2n) is 8.53. The second-order valence-corrected chi connectivity index (χ2v) is 10.6. The van der Waals surface area contributed by atoms with E-state index in [0.717, 1.165) is 10.5 Å². The summed E-state index contributed by atoms with van der Waals surface area (Å²) in [5.74, 6) is -2.99. The third-order valence-electron chi connectivity index (χ3n) is 5.97. The Hall–Kier alpha value is -3.26. The minimum absolute atomic E-state index is 0.270. The average molecular weight is 555 g/mol. The number of carbonyl (C=O) groups is 3. The topological polar surface area (TPSA) is 95.5 Å². The molecule has 0 bridgehead atoms. The van der Waals surface area contributed by atoms with Gasteiger partial charge in [0.2, 0.25) is 11.8 Å². The first-order valence-corrected chi connectivity index (χ1v) is 13.2. The number of carboxylic acids is 1. The lowest BCUT2D eigenvalue weighted by Crippen LogP contribution is -2.34. The number of nitrogens with one attached hydrogen (secondary N) is 2. The lowest BCUT2D eigenvalue weighted by Gasteiger charge is -2.24. The number of aliphatic carboxylic acids is 1. The molecule has 9 heteroatoms. The summed E-state index contributed by atoms with van der Waals surface area (Å²) in [4.78, 5) is 38.6. The van der Waals surface area contributed by atoms with Crippen LogP contribution in [0.4, 0.5) is 11.4 Å². The minimum Gasteiger partial charge on any atom is -0.481 e. The van der Waals surface area contributed by atoms with Gasteiger partial charge in [0.1, 0.15) is 5.25 Å². The molecule has 0 fully saturated rings. The van der Waals surface area contributed by atoms with Crippen molar-refractivity contribution in [2.45, 2.75) is 23.0 Å². The molecule has 3 N–H and O–H groups in total. The first-order valence-electron chi connectivity index (χ1n) is 11.6. The van der Waals surface area contributed by atoms with E-state index >= 15 is 0 Å². The van der Waals surface area contributed by atoms with E-state index in [4.69, 9.17) is 23.2 Å². The number of rotatable bonds is 8. The largest absolute Gasteiger partial charge is 0.481 e. The summed E-state index contributed by atoms with van der Waals surface area (Å²) in [5.41, 5.74) is 1.78. The van der Waals surface area contributed by atoms with Gasteiger partial charge in [-0.25, -0.2) is 0 Å². The number of amides is 2. The molecule has 0 aromatic heterocycles. The van der Waals surface area contributed by atoms with E-state index in [1.54, 1.807) is 42.5 Å². The number of hydrogen-bond donors (Lipinski definition) is 3. The number of allylic oxidation sites excluding steroid dienone is 2. The number of benzene rings is 3. The molecule has 0 spiro atoms. The first kappa shape index (κ1) is 26.8. The molecule has 4 rings (SSSR count). The number of halogens is 2. The van der Waals surface area contributed by atoms with Gasteiger partial charge in [-0.05, 0) is 54.8 Å². The maximum Gasteiger partial charge on any atom is 0.307 e. The quantitative estimate of drug-likeness (QED) is 0.204. The fourth-order valence-electron chi connectivity index (χ4n) is 4.08. The Labute approximate surface area is 229 Å². The first-order chi connectivity index (χ1) is 17.8. The molecule has 0 saturated carbocycles. The summed E-state index contributed by atoms with van der Waals surface area (Å²) >= 11 is 13.6. The molecule has 37 heavy (non-hydrogen) atoms. The van der Waals surface area contributed by atoms with Crippen LogP contribution in [0.2, 0.25) is 10.0 Å². The van der Waals surface area contributed by atoms with Gasteiger partial charge in [0.15, 0.2) is 0 Å². The van der Waals surface area contributed by atoms with Crippen molar-refractivity contribution >= 4 is 64.1 Å². The van der Waals surface area contributed by atoms with Crippen molar-refractivity contribution < 1.29 is 19.5 Å². The highest BCUT2D eigenvalue weighted by molar-refractivity contribution is 8.00. The van der Waals surface area contributed by atoms with Gasteiger partial charge in [-0.3, -0.25) is 14.4 Å². The van der Waals surface area contributed by atoms with Crippen molar-refractivity contribution in [2.75, 3.05) is 10.6 Å². The van der Waals surface area contributed by atoms with Crippen molar-refractivity contribution in [2.24, 2.45) is 11.8 Å². The summed E-state index contributed by atoms with van der Waals surface area (Å²) in [5, 5.41) is 15.4. The molecule has 3 aromatic carbocycles. The Morgan fingerprint density at radius 3 is 2.30 bits per heavy atom. The normalized spacial score (nSPS) is 17.6. The fourth-order valence-corrected chi connectivity index (χ4v) is 5.62. The highest BCUT2D eigenvalue weighted by Crippen LogP contribution is 2.38. The zero-order chi connectivity index (χ0) is 26.4. The maximum atomic E-state index is 13.4. The number of carbonyl (C=O) groups excluding carboxylic acids is 2. The predicted molar refractivity (Wildman–Crippen MR) is 148 cm³/mol. The van der Waals surface area contributed by atoms with Crippen LogP contribution in [0, 0.1) is 11.8 Å². The maximum absolute atomic E-state index is 13.4. The Balaban J connectivity index is 1.53. The van der Waals surface area contributed by atoms with Crippen molar-refractivity contribution in [3.05, 3.63) is 101 Å². The molecule has 1 aliphatic carbocycles. The molecule has 3 atom stereocenters. The summed E-state index contributed by atoms with van der Waals surface area (Å²) in [6, 6.07) is 21.3. The van der Waals surface area contributed by atoms with Crippen LogP contribution in [0.25, 0.3) is 0 Å². The molecule has 6 nitrogen and oxygen atoms in total. The average Bonchev–Trinajstić information content (AvgIpc) is 2.89. The minimum atomic E-state index is -0.980. The number of hydrogen-bond acceptors (Lipinski definition) is 4. The van der Waals surface area contributed by atoms with Gasteiger partial charge in [-0.15, -0.1) is 11.8 Å². The van der Waals surface area contributed by atoms with E-state index in [2.05, 4.69) is 10.6 Å². The third kappa shape index (κ3) is 6.95. The summed E-state index contributed by atoms with van der Waals surface area (Å²) in [6.07, 6.45) is 4.34. The monoisotopic (exact) mass is 554 g/mol. The Morgan fingerprint density at radius 2 is 1.59 bits per heavy atom. The summed E-state index contributed by atoms with van der Waals surface area (Å²) in [7, 11) is 0. The molecule has 0 aliphatic heterocycles. The van der Waals surface area contributed by atoms with Crippen LogP contribution >= 0.6 is 35.0 Å². The van der Waals surface area contributed by atoms with E-state index in [-0.39, 0.29) is 11.8 Å². The van der Waals surface area contributed by atoms with Crippen molar-refractivity contribution in [1.29, 1.82) is 0 Å². The molecule has 0 saturated heterocycles. The molecular weight excluding hydrogens is 531 g/mol. The molecule has 0 heterocycles. The van der Waals surface area contributed by atoms with Crippen LogP contribution in [0.1, 0.15) is 23.7 Å². The molecule has 0 radical (unpaired) electrons. The Kier molecular flexibility index (Phi) is 8.92. The predicted octanol–water partition coefficient (Wildman–Crippen LogP) is 7.07. The highest BCUT2D eigenvalue weighted by atomic mass is 35.5. The lowest BCUT2D eigenvalue weighted by atomic mass is 9.82. The van der Waals surface area contributed by atoms with E-state index in [1.165, 1.54) is 11.8 Å². The second kappa shape index (κ2) is 12.3. The van der Waals surface area contributed by atoms with Crippen molar-refractivity contribution in [3.8, 4) is 0 Å². The molecule has 2 amide bonds. The Bertz CT molecular complexity index is 1330. The van der Waals surface area contributed by atoms with Crippen LogP contribution in [0.3, 0.4) is 0 Å². The molecule has 3 unspecified atom stereocenters. The number of carboxylic acid groups (broad SMARTS) is 1. The summed E-state index contributed by atoms with van der Waals surface area (Å²) < 4.78 is 0. The molecule has 190 valence electrons. The zero-order valence-corrected chi connectivity index (χ0v) is 21.9. The summed E-state index contributed by atoms with van der Waals surface area (Å²) in [6.45, 7) is 0. The van der Waals surface area contributed by atoms with Crippen LogP contribution < -0.4 is 10.6 Å². The molecule has 3 aromatic rings. The zero-order valence-electron chi connectivity index (χ0n) is 19.6. The van der Waals surface area contributed by atoms with Crippen molar-refractivity contribution in [3.63, 3.8) is 0 Å². The standard InChI is InChI=1S/C28H24Cl2N2O4S/c29-18-13-14-24(23(30)15-18)32-27(34)25(17-7-2-1-3-8-17)37-20-10-6-9-19(16-20)31-26(33)21-11-4-5-12-22(21)28(35)36/h1-10,13-16,21-22,25H,11-12H2,(H,31,33)(H,32,34)(H,35,36). The van der Waals surface area contributed by atoms with E-state index < -0.39 is 23.1 Å². The number of thioether (sulfide) groups is 1. The van der Waals surface area contributed by atoms with Crippen LogP contribution in [0.5, 0.6) is 0 Å². The fraction of sp³-hybridized carbons (Fsp3) is 0.179. The van der Waals surface area contributed by atoms with Crippen LogP contribution in [-0.4, -0.2) is 22.9 Å². The van der Waals surface area contributed by atoms with Gasteiger partial charge >= 0.3 is 5.97 Å². The number of anilines is 2. The van der Waals surface area contributed by atoms with Gasteiger partial charge in [0.25, 0.3) is 0 Å². The molecule has 1 aliphatic rings. The van der Waals surface area contributed by atoms with Crippen molar-refractivity contribution in [1.82, 2.24) is 0 Å². The Morgan fingerprint density at radius 1 is 0.865 bits per heavy atom. The highest BCUT2D eigenvalue weighted by Gasteiger charge is 2.34. The molecular formula is C28H24Cl2N2O4S. The van der Waals surface area contributed by atoms with Gasteiger partial charge in [-0.2, -0.15) is 0 Å². The van der Waals surface area contributed by atoms with Gasteiger partial charge in [0.05, 0.1) is 22.5 Å². The van der Waals surface area contributed by atoms with Gasteiger partial charge in [0, 0.05) is 15.6 Å². The lowest BCUT2D eigenvalue weighted by molar-refractivity contribution is -0.146. The third-order valence-corrected chi connectivity index (χ3v) is 7.77. The SMILES string of the molecule is O=C(Nc1ccc(Cl)cc1Cl)C(Sc1cccc(NC(=O)C2CC=CCC2C(=O)O)c1)c1ccccc1. The van der Waals surface area contributed by atoms with E-state index in [9.17, 15) is 19.5 Å². The van der Waals surface area contributed by atoms with E-state index in [0.29, 0.717) is 34.3 Å². The van der Waals surface area contributed by atoms with Gasteiger partial charge < -0.3 is 15.7 Å². The van der Waals surface area contributed by atoms with Gasteiger partial charge in [-0.1, -0.05) is 71.8 Å².